The summed E-state index contributed by atoms with van der Waals surface area (Å²) >= 11 is 4.32. The van der Waals surface area contributed by atoms with E-state index in [-0.39, 0.29) is 36.9 Å². The molecule has 8 nitrogen and oxygen atoms in total. The molecule has 40 heavy (non-hydrogen) atoms. The summed E-state index contributed by atoms with van der Waals surface area (Å²) in [6.45, 7) is 1.77. The van der Waals surface area contributed by atoms with Crippen LogP contribution < -0.4 is 10.7 Å². The molecular formula is C31H35N3O5S. The predicted molar refractivity (Wildman–Crippen MR) is 158 cm³/mol. The zero-order chi connectivity index (χ0) is 28.9. The molecule has 0 heterocycles. The number of carbonyl (C=O) groups excluding carboxylic acids is 3. The van der Waals surface area contributed by atoms with Crippen molar-refractivity contribution in [1.29, 1.82) is 0 Å². The minimum absolute atomic E-state index is 0.0768. The van der Waals surface area contributed by atoms with Crippen molar-refractivity contribution in [3.8, 4) is 11.1 Å². The van der Waals surface area contributed by atoms with Gasteiger partial charge in [-0.2, -0.15) is 12.6 Å². The van der Waals surface area contributed by atoms with Crippen molar-refractivity contribution in [1.82, 2.24) is 15.8 Å². The number of nitrogens with one attached hydrogen (secondary N) is 2. The Hall–Kier alpha value is -4.11. The Balaban J connectivity index is 1.69. The van der Waals surface area contributed by atoms with Gasteiger partial charge in [0.25, 0.3) is 5.91 Å². The Kier molecular flexibility index (Phi) is 11.8. The number of thiol groups is 1. The van der Waals surface area contributed by atoms with Gasteiger partial charge in [0.05, 0.1) is 24.6 Å². The van der Waals surface area contributed by atoms with Crippen molar-refractivity contribution in [2.45, 2.75) is 39.2 Å². The Morgan fingerprint density at radius 1 is 0.900 bits per heavy atom. The zero-order valence-corrected chi connectivity index (χ0v) is 23.4. The second-order valence-corrected chi connectivity index (χ2v) is 9.82. The molecule has 3 rings (SSSR count). The van der Waals surface area contributed by atoms with Crippen LogP contribution in [-0.2, 0) is 27.3 Å². The molecule has 9 heteroatoms. The molecule has 0 aromatic heterocycles. The molecule has 0 aliphatic rings. The summed E-state index contributed by atoms with van der Waals surface area (Å²) in [6.07, 6.45) is 2.30. The lowest BCUT2D eigenvalue weighted by Gasteiger charge is -2.24. The lowest BCUT2D eigenvalue weighted by Crippen LogP contribution is -2.50. The molecule has 1 unspecified atom stereocenters. The number of benzene rings is 3. The lowest BCUT2D eigenvalue weighted by molar-refractivity contribution is -0.142. The first-order chi connectivity index (χ1) is 19.3. The Labute approximate surface area is 240 Å². The zero-order valence-electron chi connectivity index (χ0n) is 22.5. The standard InChI is InChI=1S/C31H35N3O5S/c1-2-3-13-28(35)33-34(29(36)19-32-30(37)25(21-40)18-22-9-5-4-6-10-22)20-23-14-16-24(17-15-23)26-11-7-8-12-27(26)31(38)39/h4-12,14-17,25,40H,2-3,13,18-21H2,1H3,(H,32,37)(H,33,35)(H,38,39). The summed E-state index contributed by atoms with van der Waals surface area (Å²) in [7, 11) is 0. The van der Waals surface area contributed by atoms with Crippen LogP contribution in [0.4, 0.5) is 0 Å². The molecule has 0 radical (unpaired) electrons. The maximum absolute atomic E-state index is 13.2. The highest BCUT2D eigenvalue weighted by Crippen LogP contribution is 2.24. The van der Waals surface area contributed by atoms with Gasteiger partial charge >= 0.3 is 5.97 Å². The van der Waals surface area contributed by atoms with Crippen LogP contribution >= 0.6 is 12.6 Å². The first kappa shape index (κ1) is 30.4. The van der Waals surface area contributed by atoms with Crippen molar-refractivity contribution >= 4 is 36.3 Å². The fraction of sp³-hybridized carbons (Fsp3) is 0.290. The van der Waals surface area contributed by atoms with E-state index in [1.54, 1.807) is 48.5 Å². The van der Waals surface area contributed by atoms with Crippen molar-refractivity contribution in [3.05, 3.63) is 95.6 Å². The van der Waals surface area contributed by atoms with E-state index < -0.39 is 17.8 Å². The molecule has 0 saturated carbocycles. The summed E-state index contributed by atoms with van der Waals surface area (Å²) < 4.78 is 0. The highest BCUT2D eigenvalue weighted by Gasteiger charge is 2.22. The van der Waals surface area contributed by atoms with Crippen molar-refractivity contribution in [2.24, 2.45) is 5.92 Å². The van der Waals surface area contributed by atoms with Gasteiger partial charge in [-0.25, -0.2) is 9.80 Å². The monoisotopic (exact) mass is 561 g/mol. The maximum Gasteiger partial charge on any atom is 0.336 e. The first-order valence-corrected chi connectivity index (χ1v) is 13.9. The molecule has 3 aromatic rings. The number of unbranched alkanes of at least 4 members (excludes halogenated alkanes) is 1. The molecule has 3 aromatic carbocycles. The quantitative estimate of drug-likeness (QED) is 0.181. The Bertz CT molecular complexity index is 1300. The molecule has 0 saturated heterocycles. The number of hydrogen-bond acceptors (Lipinski definition) is 5. The average molecular weight is 562 g/mol. The smallest absolute Gasteiger partial charge is 0.336 e. The van der Waals surface area contributed by atoms with E-state index in [9.17, 15) is 24.3 Å². The van der Waals surface area contributed by atoms with Crippen molar-refractivity contribution in [2.75, 3.05) is 12.3 Å². The Morgan fingerprint density at radius 3 is 2.23 bits per heavy atom. The third kappa shape index (κ3) is 8.98. The van der Waals surface area contributed by atoms with Crippen LogP contribution in [0.5, 0.6) is 0 Å². The summed E-state index contributed by atoms with van der Waals surface area (Å²) in [5, 5.41) is 13.4. The van der Waals surface area contributed by atoms with Crippen molar-refractivity contribution < 1.29 is 24.3 Å². The minimum atomic E-state index is -1.02. The maximum atomic E-state index is 13.2. The number of aromatic carboxylic acids is 1. The van der Waals surface area contributed by atoms with Crippen LogP contribution in [0.1, 0.15) is 47.7 Å². The number of rotatable bonds is 13. The molecule has 3 amide bonds. The van der Waals surface area contributed by atoms with E-state index in [0.29, 0.717) is 24.2 Å². The van der Waals surface area contributed by atoms with Gasteiger partial charge in [-0.15, -0.1) is 0 Å². The largest absolute Gasteiger partial charge is 0.478 e. The number of carboxylic acid groups (broad SMARTS) is 1. The first-order valence-electron chi connectivity index (χ1n) is 13.3. The second kappa shape index (κ2) is 15.5. The molecule has 0 bridgehead atoms. The fourth-order valence-electron chi connectivity index (χ4n) is 4.17. The average Bonchev–Trinajstić information content (AvgIpc) is 2.98. The molecule has 3 N–H and O–H groups in total. The topological polar surface area (TPSA) is 116 Å². The number of carbonyl (C=O) groups is 4. The highest BCUT2D eigenvalue weighted by molar-refractivity contribution is 7.80. The van der Waals surface area contributed by atoms with Gasteiger partial charge in [0.2, 0.25) is 11.8 Å². The Morgan fingerprint density at radius 2 is 1.57 bits per heavy atom. The van der Waals surface area contributed by atoms with Gasteiger partial charge in [0, 0.05) is 12.2 Å². The summed E-state index contributed by atoms with van der Waals surface area (Å²) in [5.41, 5.74) is 5.90. The van der Waals surface area contributed by atoms with Crippen LogP contribution in [0.3, 0.4) is 0 Å². The van der Waals surface area contributed by atoms with E-state index in [1.807, 2.05) is 37.3 Å². The van der Waals surface area contributed by atoms with Gasteiger partial charge < -0.3 is 10.4 Å². The van der Waals surface area contributed by atoms with E-state index in [1.165, 1.54) is 5.01 Å². The molecule has 1 atom stereocenters. The highest BCUT2D eigenvalue weighted by atomic mass is 32.1. The van der Waals surface area contributed by atoms with Crippen LogP contribution in [0, 0.1) is 5.92 Å². The molecule has 0 aliphatic carbocycles. The van der Waals surface area contributed by atoms with Gasteiger partial charge in [-0.1, -0.05) is 86.1 Å². The van der Waals surface area contributed by atoms with Crippen molar-refractivity contribution in [3.63, 3.8) is 0 Å². The molecule has 0 spiro atoms. The summed E-state index contributed by atoms with van der Waals surface area (Å²) in [5.74, 6) is -2.14. The number of hydrazine groups is 1. The van der Waals surface area contributed by atoms with Gasteiger partial charge in [-0.3, -0.25) is 19.8 Å². The van der Waals surface area contributed by atoms with E-state index in [4.69, 9.17) is 0 Å². The molecule has 0 aliphatic heterocycles. The number of carboxylic acids is 1. The number of hydrogen-bond donors (Lipinski definition) is 4. The van der Waals surface area contributed by atoms with E-state index in [2.05, 4.69) is 23.4 Å². The molecule has 0 fully saturated rings. The number of amides is 3. The normalized spacial score (nSPS) is 11.3. The predicted octanol–water partition coefficient (Wildman–Crippen LogP) is 4.51. The summed E-state index contributed by atoms with van der Waals surface area (Å²) in [6, 6.07) is 23.4. The van der Waals surface area contributed by atoms with Gasteiger partial charge in [-0.05, 0) is 41.2 Å². The second-order valence-electron chi connectivity index (χ2n) is 9.45. The van der Waals surface area contributed by atoms with E-state index in [0.717, 1.165) is 23.1 Å². The van der Waals surface area contributed by atoms with E-state index >= 15 is 0 Å². The van der Waals surface area contributed by atoms with Gasteiger partial charge in [0.1, 0.15) is 0 Å². The van der Waals surface area contributed by atoms with Crippen LogP contribution in [-0.4, -0.2) is 46.1 Å². The van der Waals surface area contributed by atoms with Gasteiger partial charge in [0.15, 0.2) is 0 Å². The summed E-state index contributed by atoms with van der Waals surface area (Å²) in [4.78, 5) is 50.1. The molecular weight excluding hydrogens is 526 g/mol. The fourth-order valence-corrected chi connectivity index (χ4v) is 4.46. The third-order valence-corrected chi connectivity index (χ3v) is 6.85. The SMILES string of the molecule is CCCCC(=O)NN(Cc1ccc(-c2ccccc2C(=O)O)cc1)C(=O)CNC(=O)C(CS)Cc1ccccc1. The molecule has 210 valence electrons. The van der Waals surface area contributed by atoms with Crippen LogP contribution in [0.25, 0.3) is 11.1 Å². The number of nitrogens with zero attached hydrogens (tertiary/aromatic N) is 1. The third-order valence-electron chi connectivity index (χ3n) is 6.41. The van der Waals surface area contributed by atoms with Crippen LogP contribution in [0.2, 0.25) is 0 Å². The lowest BCUT2D eigenvalue weighted by atomic mass is 9.99. The van der Waals surface area contributed by atoms with Crippen LogP contribution in [0.15, 0.2) is 78.9 Å². The minimum Gasteiger partial charge on any atom is -0.478 e.